The summed E-state index contributed by atoms with van der Waals surface area (Å²) in [6, 6.07) is 4.05. The lowest BCUT2D eigenvalue weighted by atomic mass is 10.0. The fraction of sp³-hybridized carbons (Fsp3) is 0.429. The highest BCUT2D eigenvalue weighted by atomic mass is 32.1. The number of fused-ring (bicyclic) bond motifs is 3. The number of nitrogens with one attached hydrogen (secondary N) is 2. The number of nitrogens with zero attached hydrogens (tertiary/aromatic N) is 4. The zero-order valence-electron chi connectivity index (χ0n) is 17.2. The van der Waals surface area contributed by atoms with Crippen LogP contribution in [0.4, 0.5) is 10.9 Å². The van der Waals surface area contributed by atoms with Crippen LogP contribution in [0.5, 0.6) is 0 Å². The molecule has 0 atom stereocenters. The first kappa shape index (κ1) is 19.6. The Labute approximate surface area is 174 Å². The summed E-state index contributed by atoms with van der Waals surface area (Å²) < 4.78 is 2.13. The summed E-state index contributed by atoms with van der Waals surface area (Å²) in [4.78, 5) is 21.8. The summed E-state index contributed by atoms with van der Waals surface area (Å²) in [7, 11) is 1.86. The van der Waals surface area contributed by atoms with E-state index in [0.29, 0.717) is 11.0 Å². The first-order chi connectivity index (χ1) is 14.0. The van der Waals surface area contributed by atoms with Crippen LogP contribution in [0.3, 0.4) is 0 Å². The van der Waals surface area contributed by atoms with Gasteiger partial charge in [-0.05, 0) is 37.3 Å². The quantitative estimate of drug-likeness (QED) is 0.658. The van der Waals surface area contributed by atoms with E-state index in [2.05, 4.69) is 40.2 Å². The highest BCUT2D eigenvalue weighted by Gasteiger charge is 2.28. The Bertz CT molecular complexity index is 1030. The van der Waals surface area contributed by atoms with Crippen LogP contribution in [0.1, 0.15) is 38.4 Å². The standard InChI is InChI=1S/C21H26N6OS/c1-12(2)11-27-19-15(18(26-27)14-8-9-17(22-4)23-10-14)6-5-7-16-20(19)29-21(25-16)24-13(3)28/h8-10,12H,5-7,11H2,1-4H3,(H,22,23)(H,24,25,28). The highest BCUT2D eigenvalue weighted by molar-refractivity contribution is 7.19. The number of carbonyl (C=O) groups excluding carboxylic acids is 1. The number of aryl methyl sites for hydroxylation is 1. The Kier molecular flexibility index (Phi) is 5.36. The predicted octanol–water partition coefficient (Wildman–Crippen LogP) is 4.21. The Hall–Kier alpha value is -2.74. The van der Waals surface area contributed by atoms with Gasteiger partial charge in [0.05, 0.1) is 22.0 Å². The van der Waals surface area contributed by atoms with Crippen LogP contribution in [-0.2, 0) is 24.2 Å². The second-order valence-corrected chi connectivity index (χ2v) is 8.76. The van der Waals surface area contributed by atoms with Gasteiger partial charge in [-0.15, -0.1) is 0 Å². The number of rotatable bonds is 5. The second kappa shape index (κ2) is 7.94. The van der Waals surface area contributed by atoms with Gasteiger partial charge < -0.3 is 10.6 Å². The van der Waals surface area contributed by atoms with E-state index in [0.717, 1.165) is 59.1 Å². The molecule has 0 radical (unpaired) electrons. The molecule has 4 rings (SSSR count). The van der Waals surface area contributed by atoms with Crippen LogP contribution in [0.15, 0.2) is 18.3 Å². The van der Waals surface area contributed by atoms with Crippen molar-refractivity contribution in [3.8, 4) is 21.8 Å². The molecule has 0 spiro atoms. The third-order valence-electron chi connectivity index (χ3n) is 4.92. The molecular formula is C21H26N6OS. The fourth-order valence-corrected chi connectivity index (χ4v) is 4.86. The predicted molar refractivity (Wildman–Crippen MR) is 117 cm³/mol. The van der Waals surface area contributed by atoms with E-state index in [1.54, 1.807) is 11.3 Å². The van der Waals surface area contributed by atoms with Gasteiger partial charge in [0, 0.05) is 37.8 Å². The van der Waals surface area contributed by atoms with Gasteiger partial charge in [0.1, 0.15) is 5.82 Å². The summed E-state index contributed by atoms with van der Waals surface area (Å²) in [5, 5.41) is 11.6. The van der Waals surface area contributed by atoms with Crippen LogP contribution in [0.2, 0.25) is 0 Å². The van der Waals surface area contributed by atoms with E-state index in [1.165, 1.54) is 12.5 Å². The Morgan fingerprint density at radius 2 is 2.14 bits per heavy atom. The van der Waals surface area contributed by atoms with Crippen molar-refractivity contribution in [1.29, 1.82) is 0 Å². The average Bonchev–Trinajstić information content (AvgIpc) is 3.16. The lowest BCUT2D eigenvalue weighted by Gasteiger charge is -2.09. The fourth-order valence-electron chi connectivity index (χ4n) is 3.72. The molecule has 3 heterocycles. The molecular weight excluding hydrogens is 384 g/mol. The van der Waals surface area contributed by atoms with Crippen LogP contribution in [0.25, 0.3) is 21.8 Å². The summed E-state index contributed by atoms with van der Waals surface area (Å²) in [6.45, 7) is 6.74. The van der Waals surface area contributed by atoms with Crippen molar-refractivity contribution in [3.05, 3.63) is 29.6 Å². The SMILES string of the molecule is CNc1ccc(-c2nn(CC(C)C)c3c2CCCc2nc(NC(C)=O)sc2-3)cn1. The van der Waals surface area contributed by atoms with Crippen molar-refractivity contribution in [3.63, 3.8) is 0 Å². The van der Waals surface area contributed by atoms with Crippen molar-refractivity contribution < 1.29 is 4.79 Å². The zero-order valence-corrected chi connectivity index (χ0v) is 18.1. The van der Waals surface area contributed by atoms with Crippen LogP contribution < -0.4 is 10.6 Å². The Morgan fingerprint density at radius 3 is 2.79 bits per heavy atom. The molecule has 3 aromatic heterocycles. The van der Waals surface area contributed by atoms with Crippen molar-refractivity contribution in [2.24, 2.45) is 5.92 Å². The molecule has 8 heteroatoms. The first-order valence-corrected chi connectivity index (χ1v) is 10.8. The van der Waals surface area contributed by atoms with Crippen molar-refractivity contribution in [2.75, 3.05) is 17.7 Å². The molecule has 0 saturated heterocycles. The monoisotopic (exact) mass is 410 g/mol. The third-order valence-corrected chi connectivity index (χ3v) is 5.94. The molecule has 7 nitrogen and oxygen atoms in total. The van der Waals surface area contributed by atoms with Gasteiger partial charge in [-0.3, -0.25) is 9.48 Å². The highest BCUT2D eigenvalue weighted by Crippen LogP contribution is 2.42. The van der Waals surface area contributed by atoms with Gasteiger partial charge in [0.15, 0.2) is 5.13 Å². The molecule has 0 unspecified atom stereocenters. The van der Waals surface area contributed by atoms with Crippen LogP contribution in [0, 0.1) is 5.92 Å². The minimum Gasteiger partial charge on any atom is -0.373 e. The van der Waals surface area contributed by atoms with Gasteiger partial charge in [-0.2, -0.15) is 5.10 Å². The number of amides is 1. The minimum absolute atomic E-state index is 0.0961. The number of carbonyl (C=O) groups is 1. The van der Waals surface area contributed by atoms with Crippen molar-refractivity contribution in [2.45, 2.75) is 46.6 Å². The lowest BCUT2D eigenvalue weighted by Crippen LogP contribution is -2.08. The molecule has 29 heavy (non-hydrogen) atoms. The van der Waals surface area contributed by atoms with E-state index >= 15 is 0 Å². The minimum atomic E-state index is -0.0961. The molecule has 1 aliphatic carbocycles. The number of anilines is 2. The Morgan fingerprint density at radius 1 is 1.31 bits per heavy atom. The summed E-state index contributed by atoms with van der Waals surface area (Å²) in [5.74, 6) is 1.21. The second-order valence-electron chi connectivity index (χ2n) is 7.76. The van der Waals surface area contributed by atoms with Crippen LogP contribution in [-0.4, -0.2) is 32.7 Å². The van der Waals surface area contributed by atoms with Crippen molar-refractivity contribution >= 4 is 28.2 Å². The first-order valence-electron chi connectivity index (χ1n) is 9.97. The summed E-state index contributed by atoms with van der Waals surface area (Å²) in [5.41, 5.74) is 5.47. The molecule has 3 aromatic rings. The summed E-state index contributed by atoms with van der Waals surface area (Å²) >= 11 is 1.55. The van der Waals surface area contributed by atoms with Crippen LogP contribution >= 0.6 is 11.3 Å². The van der Waals surface area contributed by atoms with E-state index in [9.17, 15) is 4.79 Å². The molecule has 0 fully saturated rings. The van der Waals surface area contributed by atoms with E-state index in [-0.39, 0.29) is 5.91 Å². The van der Waals surface area contributed by atoms with E-state index in [1.807, 2.05) is 19.3 Å². The maximum Gasteiger partial charge on any atom is 0.223 e. The van der Waals surface area contributed by atoms with Gasteiger partial charge in [0.25, 0.3) is 0 Å². The summed E-state index contributed by atoms with van der Waals surface area (Å²) in [6.07, 6.45) is 4.74. The average molecular weight is 411 g/mol. The molecule has 0 aliphatic heterocycles. The van der Waals surface area contributed by atoms with E-state index in [4.69, 9.17) is 10.1 Å². The lowest BCUT2D eigenvalue weighted by molar-refractivity contribution is -0.114. The molecule has 0 saturated carbocycles. The van der Waals surface area contributed by atoms with Crippen molar-refractivity contribution in [1.82, 2.24) is 19.7 Å². The maximum atomic E-state index is 11.5. The Balaban J connectivity index is 1.87. The maximum absolute atomic E-state index is 11.5. The molecule has 2 N–H and O–H groups in total. The van der Waals surface area contributed by atoms with Gasteiger partial charge in [0.2, 0.25) is 5.91 Å². The normalized spacial score (nSPS) is 13.0. The molecule has 152 valence electrons. The van der Waals surface area contributed by atoms with Gasteiger partial charge in [-0.25, -0.2) is 9.97 Å². The largest absolute Gasteiger partial charge is 0.373 e. The molecule has 0 bridgehead atoms. The molecule has 1 aliphatic rings. The topological polar surface area (TPSA) is 84.7 Å². The number of pyridine rings is 1. The molecule has 1 amide bonds. The van der Waals surface area contributed by atoms with Gasteiger partial charge in [-0.1, -0.05) is 25.2 Å². The zero-order chi connectivity index (χ0) is 20.5. The smallest absolute Gasteiger partial charge is 0.223 e. The molecule has 0 aromatic carbocycles. The number of hydrogen-bond acceptors (Lipinski definition) is 6. The third kappa shape index (κ3) is 3.89. The van der Waals surface area contributed by atoms with Gasteiger partial charge >= 0.3 is 0 Å². The number of thiazole rings is 1. The number of aromatic nitrogens is 4. The number of hydrogen-bond donors (Lipinski definition) is 2. The van der Waals surface area contributed by atoms with E-state index < -0.39 is 0 Å².